The molecule has 0 saturated heterocycles. The lowest BCUT2D eigenvalue weighted by molar-refractivity contribution is 0.378. The van der Waals surface area contributed by atoms with Gasteiger partial charge < -0.3 is 4.52 Å². The second-order valence-corrected chi connectivity index (χ2v) is 11.1. The van der Waals surface area contributed by atoms with E-state index in [-0.39, 0.29) is 0 Å². The fraction of sp³-hybridized carbons (Fsp3) is 0.500. The van der Waals surface area contributed by atoms with Crippen molar-refractivity contribution in [3.05, 3.63) is 29.8 Å². The Morgan fingerprint density at radius 1 is 1.42 bits per heavy atom. The van der Waals surface area contributed by atoms with Gasteiger partial charge in [0, 0.05) is 12.9 Å². The average molecular weight is 385 g/mol. The van der Waals surface area contributed by atoms with Crippen molar-refractivity contribution in [2.75, 3.05) is 24.5 Å². The Hall–Kier alpha value is -0.930. The van der Waals surface area contributed by atoms with Crippen molar-refractivity contribution in [1.29, 1.82) is 5.26 Å². The molecule has 0 heterocycles. The van der Waals surface area contributed by atoms with E-state index in [4.69, 9.17) is 9.79 Å². The van der Waals surface area contributed by atoms with Gasteiger partial charge in [-0.1, -0.05) is 20.8 Å². The zero-order valence-corrected chi connectivity index (χ0v) is 17.0. The van der Waals surface area contributed by atoms with Crippen LogP contribution in [0.15, 0.2) is 29.3 Å². The van der Waals surface area contributed by atoms with E-state index in [0.717, 1.165) is 11.5 Å². The Balaban J connectivity index is 2.94. The number of hydrogen-bond donors (Lipinski definition) is 0. The van der Waals surface area contributed by atoms with E-state index in [2.05, 4.69) is 31.8 Å². The maximum atomic E-state index is 13.1. The third kappa shape index (κ3) is 6.90. The minimum atomic E-state index is -3.02. The standard InChI is InChI=1S/C16H24N3O2PS2/c1-5-23-13-19(22(20,21-4)24-11-14(2)3)12-18-16-8-6-15(10-17)7-9-16/h6-9,12,14H,5,11,13H2,1-4H3. The predicted molar refractivity (Wildman–Crippen MR) is 106 cm³/mol. The highest BCUT2D eigenvalue weighted by molar-refractivity contribution is 8.56. The van der Waals surface area contributed by atoms with E-state index in [1.54, 1.807) is 47.0 Å². The minimum Gasteiger partial charge on any atom is -0.309 e. The van der Waals surface area contributed by atoms with Gasteiger partial charge in [0.2, 0.25) is 0 Å². The van der Waals surface area contributed by atoms with E-state index >= 15 is 0 Å². The lowest BCUT2D eigenvalue weighted by Crippen LogP contribution is -2.18. The summed E-state index contributed by atoms with van der Waals surface area (Å²) in [5.41, 5.74) is 1.29. The number of nitriles is 1. The zero-order valence-electron chi connectivity index (χ0n) is 14.5. The molecule has 0 fully saturated rings. The van der Waals surface area contributed by atoms with Gasteiger partial charge >= 0.3 is 6.72 Å². The lowest BCUT2D eigenvalue weighted by Gasteiger charge is -2.27. The van der Waals surface area contributed by atoms with E-state index in [1.807, 2.05) is 0 Å². The molecule has 0 saturated carbocycles. The molecule has 1 unspecified atom stereocenters. The molecular formula is C16H24N3O2PS2. The summed E-state index contributed by atoms with van der Waals surface area (Å²) in [5.74, 6) is 2.64. The summed E-state index contributed by atoms with van der Waals surface area (Å²) in [6.45, 7) is 3.21. The SMILES string of the molecule is CCSCN(C=Nc1ccc(C#N)cc1)P(=O)(OC)SCC(C)C. The Morgan fingerprint density at radius 2 is 2.08 bits per heavy atom. The predicted octanol–water partition coefficient (Wildman–Crippen LogP) is 5.37. The third-order valence-corrected chi connectivity index (χ3v) is 8.92. The van der Waals surface area contributed by atoms with Gasteiger partial charge in [-0.3, -0.25) is 9.24 Å². The number of hydrogen-bond acceptors (Lipinski definition) is 6. The molecule has 0 N–H and O–H groups in total. The summed E-state index contributed by atoms with van der Waals surface area (Å²) >= 11 is 3.00. The van der Waals surface area contributed by atoms with Crippen molar-refractivity contribution in [1.82, 2.24) is 4.67 Å². The lowest BCUT2D eigenvalue weighted by atomic mass is 10.2. The van der Waals surface area contributed by atoms with Gasteiger partial charge in [0.1, 0.15) is 0 Å². The molecule has 0 radical (unpaired) electrons. The van der Waals surface area contributed by atoms with Crippen LogP contribution < -0.4 is 0 Å². The summed E-state index contributed by atoms with van der Waals surface area (Å²) in [5, 5.41) is 8.83. The second kappa shape index (κ2) is 10.8. The molecule has 0 aliphatic carbocycles. The summed E-state index contributed by atoms with van der Waals surface area (Å²) in [6.07, 6.45) is 1.58. The van der Waals surface area contributed by atoms with Crippen molar-refractivity contribution in [3.8, 4) is 6.07 Å². The monoisotopic (exact) mass is 385 g/mol. The quantitative estimate of drug-likeness (QED) is 0.233. The van der Waals surface area contributed by atoms with Gasteiger partial charge in [-0.25, -0.2) is 4.99 Å². The maximum Gasteiger partial charge on any atom is 0.354 e. The Kier molecular flexibility index (Phi) is 9.53. The van der Waals surface area contributed by atoms with Crippen LogP contribution >= 0.6 is 29.9 Å². The van der Waals surface area contributed by atoms with Crippen LogP contribution in [0.25, 0.3) is 0 Å². The molecule has 24 heavy (non-hydrogen) atoms. The van der Waals surface area contributed by atoms with Gasteiger partial charge in [-0.2, -0.15) is 5.26 Å². The highest BCUT2D eigenvalue weighted by atomic mass is 32.7. The van der Waals surface area contributed by atoms with Gasteiger partial charge in [-0.15, -0.1) is 11.8 Å². The molecule has 1 rings (SSSR count). The molecule has 0 bridgehead atoms. The summed E-state index contributed by atoms with van der Waals surface area (Å²) in [4.78, 5) is 4.39. The van der Waals surface area contributed by atoms with Crippen LogP contribution in [0.5, 0.6) is 0 Å². The Bertz CT molecular complexity index is 615. The first kappa shape index (κ1) is 21.1. The van der Waals surface area contributed by atoms with Crippen molar-refractivity contribution in [2.45, 2.75) is 20.8 Å². The van der Waals surface area contributed by atoms with E-state index < -0.39 is 6.72 Å². The molecule has 1 atom stereocenters. The molecule has 132 valence electrons. The molecule has 0 aliphatic heterocycles. The number of benzene rings is 1. The van der Waals surface area contributed by atoms with Crippen molar-refractivity contribution >= 4 is 41.9 Å². The zero-order chi connectivity index (χ0) is 18.0. The van der Waals surface area contributed by atoms with E-state index in [9.17, 15) is 4.57 Å². The van der Waals surface area contributed by atoms with Crippen LogP contribution in [-0.4, -0.2) is 35.5 Å². The van der Waals surface area contributed by atoms with Crippen molar-refractivity contribution < 1.29 is 9.09 Å². The molecule has 0 amide bonds. The number of rotatable bonds is 10. The summed E-state index contributed by atoms with van der Waals surface area (Å²) in [7, 11) is 1.48. The molecule has 0 aliphatic rings. The third-order valence-electron chi connectivity index (χ3n) is 2.88. The first-order valence-corrected chi connectivity index (χ1v) is 12.0. The number of aliphatic imine (C=N–C) groups is 1. The Morgan fingerprint density at radius 3 is 2.58 bits per heavy atom. The smallest absolute Gasteiger partial charge is 0.309 e. The topological polar surface area (TPSA) is 65.7 Å². The van der Waals surface area contributed by atoms with Crippen LogP contribution in [-0.2, 0) is 9.09 Å². The minimum absolute atomic E-state index is 0.426. The van der Waals surface area contributed by atoms with E-state index in [0.29, 0.717) is 23.0 Å². The van der Waals surface area contributed by atoms with Crippen LogP contribution in [0.3, 0.4) is 0 Å². The fourth-order valence-corrected chi connectivity index (χ4v) is 6.73. The normalized spacial score (nSPS) is 13.8. The molecule has 8 heteroatoms. The number of thioether (sulfide) groups is 1. The van der Waals surface area contributed by atoms with Crippen LogP contribution in [0, 0.1) is 17.2 Å². The van der Waals surface area contributed by atoms with Gasteiger partial charge in [0.05, 0.1) is 29.5 Å². The largest absolute Gasteiger partial charge is 0.354 e. The van der Waals surface area contributed by atoms with Crippen molar-refractivity contribution in [2.24, 2.45) is 10.9 Å². The number of nitrogens with zero attached hydrogens (tertiary/aromatic N) is 3. The maximum absolute atomic E-state index is 13.1. The molecule has 1 aromatic carbocycles. The first-order valence-electron chi connectivity index (χ1n) is 7.64. The average Bonchev–Trinajstić information content (AvgIpc) is 2.60. The summed E-state index contributed by atoms with van der Waals surface area (Å²) < 4.78 is 20.2. The molecule has 1 aromatic rings. The van der Waals surface area contributed by atoms with Crippen molar-refractivity contribution in [3.63, 3.8) is 0 Å². The summed E-state index contributed by atoms with van der Waals surface area (Å²) in [6, 6.07) is 9.02. The van der Waals surface area contributed by atoms with Crippen LogP contribution in [0.2, 0.25) is 0 Å². The first-order chi connectivity index (χ1) is 11.4. The molecule has 0 spiro atoms. The van der Waals surface area contributed by atoms with Crippen LogP contribution in [0.1, 0.15) is 26.3 Å². The van der Waals surface area contributed by atoms with Gasteiger partial charge in [0.25, 0.3) is 0 Å². The Labute approximate surface area is 153 Å². The molecule has 5 nitrogen and oxygen atoms in total. The van der Waals surface area contributed by atoms with Crippen LogP contribution in [0.4, 0.5) is 5.69 Å². The van der Waals surface area contributed by atoms with Gasteiger partial charge in [0.15, 0.2) is 0 Å². The second-order valence-electron chi connectivity index (χ2n) is 5.31. The van der Waals surface area contributed by atoms with Gasteiger partial charge in [-0.05, 0) is 47.3 Å². The highest BCUT2D eigenvalue weighted by Gasteiger charge is 2.30. The molecular weight excluding hydrogens is 361 g/mol. The van der Waals surface area contributed by atoms with E-state index in [1.165, 1.54) is 18.5 Å². The highest BCUT2D eigenvalue weighted by Crippen LogP contribution is 2.62. The fourth-order valence-electron chi connectivity index (χ4n) is 1.58. The molecule has 0 aromatic heterocycles.